The monoisotopic (exact) mass is 476 g/mol. The summed E-state index contributed by atoms with van der Waals surface area (Å²) in [6, 6.07) is 14.4. The van der Waals surface area contributed by atoms with Crippen LogP contribution in [0.15, 0.2) is 36.4 Å². The van der Waals surface area contributed by atoms with E-state index in [4.69, 9.17) is 0 Å². The summed E-state index contributed by atoms with van der Waals surface area (Å²) in [5.41, 5.74) is 9.52. The quantitative estimate of drug-likeness (QED) is 0.300. The lowest BCUT2D eigenvalue weighted by Crippen LogP contribution is -2.36. The standard InChI is InChI=1S/C33H52N2/c1-25-15-17-27-28-18-16-26(2)24-30(28)33(29(27)23-25,19-11-9-13-21-34-31(3,4)5)20-12-10-14-22-35-32(6,7)8/h15-18,23-24,34-35H,9-14,19-22H2,1-8H3. The number of hydrogen-bond donors (Lipinski definition) is 2. The van der Waals surface area contributed by atoms with E-state index in [0.717, 1.165) is 13.1 Å². The van der Waals surface area contributed by atoms with Gasteiger partial charge in [-0.1, -0.05) is 73.2 Å². The van der Waals surface area contributed by atoms with Crippen LogP contribution in [0, 0.1) is 13.8 Å². The summed E-state index contributed by atoms with van der Waals surface area (Å²) >= 11 is 0. The van der Waals surface area contributed by atoms with Crippen molar-refractivity contribution in [2.45, 2.75) is 123 Å². The normalized spacial score (nSPS) is 14.7. The first-order valence-electron chi connectivity index (χ1n) is 14.1. The van der Waals surface area contributed by atoms with E-state index in [1.54, 1.807) is 11.1 Å². The van der Waals surface area contributed by atoms with Gasteiger partial charge in [-0.15, -0.1) is 0 Å². The van der Waals surface area contributed by atoms with Gasteiger partial charge in [0.05, 0.1) is 0 Å². The van der Waals surface area contributed by atoms with Crippen LogP contribution in [0.25, 0.3) is 11.1 Å². The number of benzene rings is 2. The minimum Gasteiger partial charge on any atom is -0.312 e. The van der Waals surface area contributed by atoms with Crippen molar-refractivity contribution in [3.63, 3.8) is 0 Å². The number of rotatable bonds is 12. The molecule has 2 heteroatoms. The molecule has 194 valence electrons. The Morgan fingerprint density at radius 1 is 0.571 bits per heavy atom. The highest BCUT2D eigenvalue weighted by Crippen LogP contribution is 2.54. The van der Waals surface area contributed by atoms with E-state index >= 15 is 0 Å². The first-order chi connectivity index (χ1) is 16.4. The molecule has 0 amide bonds. The lowest BCUT2D eigenvalue weighted by Gasteiger charge is -2.33. The zero-order chi connectivity index (χ0) is 25.7. The van der Waals surface area contributed by atoms with Gasteiger partial charge >= 0.3 is 0 Å². The Balaban J connectivity index is 1.77. The summed E-state index contributed by atoms with van der Waals surface area (Å²) in [6.45, 7) is 20.3. The molecular weight excluding hydrogens is 424 g/mol. The van der Waals surface area contributed by atoms with Crippen LogP contribution in [0.3, 0.4) is 0 Å². The molecule has 2 N–H and O–H groups in total. The third kappa shape index (κ3) is 7.67. The molecule has 0 bridgehead atoms. The summed E-state index contributed by atoms with van der Waals surface area (Å²) < 4.78 is 0. The molecule has 1 aliphatic rings. The van der Waals surface area contributed by atoms with Crippen LogP contribution in [0.1, 0.15) is 115 Å². The van der Waals surface area contributed by atoms with E-state index in [9.17, 15) is 0 Å². The van der Waals surface area contributed by atoms with Crippen molar-refractivity contribution in [3.05, 3.63) is 58.7 Å². The number of hydrogen-bond acceptors (Lipinski definition) is 2. The predicted molar refractivity (Wildman–Crippen MR) is 155 cm³/mol. The smallest absolute Gasteiger partial charge is 0.0215 e. The molecule has 0 spiro atoms. The van der Waals surface area contributed by atoms with Crippen LogP contribution in [0.5, 0.6) is 0 Å². The van der Waals surface area contributed by atoms with Crippen LogP contribution in [0.4, 0.5) is 0 Å². The number of nitrogens with one attached hydrogen (secondary N) is 2. The highest BCUT2D eigenvalue weighted by molar-refractivity contribution is 5.81. The Morgan fingerprint density at radius 3 is 1.34 bits per heavy atom. The lowest BCUT2D eigenvalue weighted by molar-refractivity contribution is 0.380. The molecule has 0 fully saturated rings. The molecular formula is C33H52N2. The van der Waals surface area contributed by atoms with E-state index < -0.39 is 0 Å². The van der Waals surface area contributed by atoms with Crippen molar-refractivity contribution in [3.8, 4) is 11.1 Å². The Labute approximate surface area is 216 Å². The number of aryl methyl sites for hydroxylation is 2. The second kappa shape index (κ2) is 11.6. The zero-order valence-corrected chi connectivity index (χ0v) is 24.0. The van der Waals surface area contributed by atoms with Gasteiger partial charge in [0.1, 0.15) is 0 Å². The summed E-state index contributed by atoms with van der Waals surface area (Å²) in [7, 11) is 0. The molecule has 0 unspecified atom stereocenters. The number of unbranched alkanes of at least 4 members (excludes halogenated alkanes) is 4. The van der Waals surface area contributed by atoms with Gasteiger partial charge in [-0.25, -0.2) is 0 Å². The summed E-state index contributed by atoms with van der Waals surface area (Å²) in [4.78, 5) is 0. The third-order valence-corrected chi connectivity index (χ3v) is 7.54. The maximum atomic E-state index is 3.66. The third-order valence-electron chi connectivity index (χ3n) is 7.54. The van der Waals surface area contributed by atoms with Crippen LogP contribution in [-0.2, 0) is 5.41 Å². The molecule has 35 heavy (non-hydrogen) atoms. The van der Waals surface area contributed by atoms with E-state index in [1.165, 1.54) is 73.6 Å². The Morgan fingerprint density at radius 2 is 0.971 bits per heavy atom. The largest absolute Gasteiger partial charge is 0.312 e. The molecule has 2 aromatic rings. The lowest BCUT2D eigenvalue weighted by atomic mass is 9.70. The van der Waals surface area contributed by atoms with Gasteiger partial charge in [0.2, 0.25) is 0 Å². The predicted octanol–water partition coefficient (Wildman–Crippen LogP) is 8.47. The molecule has 0 saturated carbocycles. The van der Waals surface area contributed by atoms with Crippen molar-refractivity contribution in [2.75, 3.05) is 13.1 Å². The first kappa shape index (κ1) is 27.9. The fraction of sp³-hybridized carbons (Fsp3) is 0.636. The molecule has 0 aliphatic heterocycles. The van der Waals surface area contributed by atoms with E-state index in [0.29, 0.717) is 0 Å². The van der Waals surface area contributed by atoms with Crippen molar-refractivity contribution >= 4 is 0 Å². The molecule has 0 aromatic heterocycles. The molecule has 2 aromatic carbocycles. The van der Waals surface area contributed by atoms with Gasteiger partial charge in [0, 0.05) is 16.5 Å². The Bertz CT molecular complexity index is 879. The minimum absolute atomic E-state index is 0.164. The van der Waals surface area contributed by atoms with Gasteiger partial charge in [-0.3, -0.25) is 0 Å². The summed E-state index contributed by atoms with van der Waals surface area (Å²) in [6.07, 6.45) is 10.2. The molecule has 0 radical (unpaired) electrons. The van der Waals surface area contributed by atoms with Gasteiger partial charge in [0.25, 0.3) is 0 Å². The van der Waals surface area contributed by atoms with Crippen LogP contribution < -0.4 is 10.6 Å². The van der Waals surface area contributed by atoms with Crippen molar-refractivity contribution in [2.24, 2.45) is 0 Å². The molecule has 3 rings (SSSR count). The van der Waals surface area contributed by atoms with Crippen molar-refractivity contribution in [1.82, 2.24) is 10.6 Å². The maximum Gasteiger partial charge on any atom is 0.0215 e. The van der Waals surface area contributed by atoms with E-state index in [2.05, 4.69) is 102 Å². The fourth-order valence-electron chi connectivity index (χ4n) is 5.77. The Kier molecular flexibility index (Phi) is 9.27. The topological polar surface area (TPSA) is 24.1 Å². The van der Waals surface area contributed by atoms with Crippen LogP contribution >= 0.6 is 0 Å². The van der Waals surface area contributed by atoms with Crippen molar-refractivity contribution in [1.29, 1.82) is 0 Å². The SMILES string of the molecule is Cc1ccc2c(c1)C(CCCCCNC(C)(C)C)(CCCCCNC(C)(C)C)c1cc(C)ccc1-2. The average Bonchev–Trinajstić information content (AvgIpc) is 3.00. The summed E-state index contributed by atoms with van der Waals surface area (Å²) in [5.74, 6) is 0. The first-order valence-corrected chi connectivity index (χ1v) is 14.1. The average molecular weight is 477 g/mol. The van der Waals surface area contributed by atoms with Crippen molar-refractivity contribution < 1.29 is 0 Å². The van der Waals surface area contributed by atoms with Crippen LogP contribution in [0.2, 0.25) is 0 Å². The van der Waals surface area contributed by atoms with E-state index in [1.807, 2.05) is 0 Å². The molecule has 2 nitrogen and oxygen atoms in total. The molecule has 1 aliphatic carbocycles. The minimum atomic E-state index is 0.164. The second-order valence-corrected chi connectivity index (χ2v) is 13.2. The second-order valence-electron chi connectivity index (χ2n) is 13.2. The molecule has 0 heterocycles. The highest BCUT2D eigenvalue weighted by atomic mass is 14.9. The maximum absolute atomic E-state index is 3.66. The Hall–Kier alpha value is -1.64. The highest BCUT2D eigenvalue weighted by Gasteiger charge is 2.42. The molecule has 0 saturated heterocycles. The van der Waals surface area contributed by atoms with Gasteiger partial charge in [-0.05, 0) is 116 Å². The number of fused-ring (bicyclic) bond motifs is 3. The molecule has 0 atom stereocenters. The van der Waals surface area contributed by atoms with E-state index in [-0.39, 0.29) is 16.5 Å². The van der Waals surface area contributed by atoms with Gasteiger partial charge < -0.3 is 10.6 Å². The fourth-order valence-corrected chi connectivity index (χ4v) is 5.77. The summed E-state index contributed by atoms with van der Waals surface area (Å²) in [5, 5.41) is 7.33. The van der Waals surface area contributed by atoms with Crippen LogP contribution in [-0.4, -0.2) is 24.2 Å². The zero-order valence-electron chi connectivity index (χ0n) is 24.0. The van der Waals surface area contributed by atoms with Gasteiger partial charge in [0.15, 0.2) is 0 Å². The van der Waals surface area contributed by atoms with Gasteiger partial charge in [-0.2, -0.15) is 0 Å².